The smallest absolute Gasteiger partial charge is 0.247 e. The number of thiophene rings is 1. The Bertz CT molecular complexity index is 676. The van der Waals surface area contributed by atoms with Gasteiger partial charge in [0, 0.05) is 17.0 Å². The first-order valence-corrected chi connectivity index (χ1v) is 8.69. The Morgan fingerprint density at radius 3 is 2.54 bits per heavy atom. The highest BCUT2D eigenvalue weighted by Crippen LogP contribution is 2.21. The lowest BCUT2D eigenvalue weighted by Gasteiger charge is -2.25. The van der Waals surface area contributed by atoms with E-state index in [1.165, 1.54) is 0 Å². The monoisotopic (exact) mass is 344 g/mol. The predicted molar refractivity (Wildman–Crippen MR) is 100 cm³/mol. The molecule has 0 aliphatic heterocycles. The highest BCUT2D eigenvalue weighted by atomic mass is 32.1. The molecule has 2 rings (SSSR count). The molecule has 1 N–H and O–H groups in total. The van der Waals surface area contributed by atoms with Crippen molar-refractivity contribution in [3.05, 3.63) is 57.8 Å². The lowest BCUT2D eigenvalue weighted by atomic mass is 10.1. The zero-order chi connectivity index (χ0) is 17.5. The number of benzene rings is 1. The maximum absolute atomic E-state index is 12.3. The molecule has 0 spiro atoms. The van der Waals surface area contributed by atoms with Crippen molar-refractivity contribution in [1.82, 2.24) is 10.2 Å². The summed E-state index contributed by atoms with van der Waals surface area (Å²) < 4.78 is 5.20. The number of amides is 1. The van der Waals surface area contributed by atoms with Gasteiger partial charge >= 0.3 is 0 Å². The predicted octanol–water partition coefficient (Wildman–Crippen LogP) is 3.58. The van der Waals surface area contributed by atoms with Crippen molar-refractivity contribution in [3.63, 3.8) is 0 Å². The average molecular weight is 344 g/mol. The van der Waals surface area contributed by atoms with Gasteiger partial charge in [-0.2, -0.15) is 0 Å². The van der Waals surface area contributed by atoms with Crippen LogP contribution in [0, 0.1) is 0 Å². The van der Waals surface area contributed by atoms with Crippen molar-refractivity contribution >= 4 is 23.3 Å². The molecule has 2 aromatic rings. The third-order valence-corrected chi connectivity index (χ3v) is 4.66. The Balaban J connectivity index is 2.01. The molecule has 0 fully saturated rings. The van der Waals surface area contributed by atoms with Gasteiger partial charge in [-0.1, -0.05) is 18.2 Å². The second-order valence-corrected chi connectivity index (χ2v) is 6.78. The van der Waals surface area contributed by atoms with Gasteiger partial charge in [-0.25, -0.2) is 0 Å². The van der Waals surface area contributed by atoms with Crippen LogP contribution in [-0.2, 0) is 4.79 Å². The SMILES string of the molecule is COc1ccc(C(CNC(=O)/C(C)=C/c2cccs2)N(C)C)cc1. The Hall–Kier alpha value is -2.11. The van der Waals surface area contributed by atoms with E-state index in [-0.39, 0.29) is 11.9 Å². The van der Waals surface area contributed by atoms with E-state index in [1.807, 2.05) is 68.9 Å². The minimum Gasteiger partial charge on any atom is -0.497 e. The van der Waals surface area contributed by atoms with Crippen molar-refractivity contribution in [1.29, 1.82) is 0 Å². The number of likely N-dealkylation sites (N-methyl/N-ethyl adjacent to an activating group) is 1. The molecule has 0 saturated carbocycles. The lowest BCUT2D eigenvalue weighted by molar-refractivity contribution is -0.117. The van der Waals surface area contributed by atoms with E-state index in [1.54, 1.807) is 18.4 Å². The van der Waals surface area contributed by atoms with Crippen LogP contribution in [0.1, 0.15) is 23.4 Å². The van der Waals surface area contributed by atoms with E-state index in [9.17, 15) is 4.79 Å². The molecule has 24 heavy (non-hydrogen) atoms. The van der Waals surface area contributed by atoms with Crippen LogP contribution in [0.15, 0.2) is 47.4 Å². The summed E-state index contributed by atoms with van der Waals surface area (Å²) in [4.78, 5) is 15.5. The van der Waals surface area contributed by atoms with E-state index < -0.39 is 0 Å². The van der Waals surface area contributed by atoms with Gasteiger partial charge in [0.15, 0.2) is 0 Å². The van der Waals surface area contributed by atoms with E-state index in [2.05, 4.69) is 10.2 Å². The Labute approximate surface area is 147 Å². The van der Waals surface area contributed by atoms with Crippen molar-refractivity contribution in [3.8, 4) is 5.75 Å². The second-order valence-electron chi connectivity index (χ2n) is 5.81. The van der Waals surface area contributed by atoms with E-state index in [0.29, 0.717) is 12.1 Å². The standard InChI is InChI=1S/C19H24N2O2S/c1-14(12-17-6-5-11-24-17)19(22)20-13-18(21(2)3)15-7-9-16(23-4)10-8-15/h5-12,18H,13H2,1-4H3,(H,20,22)/b14-12+. The minimum absolute atomic E-state index is 0.0382. The summed E-state index contributed by atoms with van der Waals surface area (Å²) in [6, 6.07) is 12.0. The molecule has 1 atom stereocenters. The maximum Gasteiger partial charge on any atom is 0.247 e. The van der Waals surface area contributed by atoms with Crippen LogP contribution in [0.3, 0.4) is 0 Å². The fraction of sp³-hybridized carbons (Fsp3) is 0.316. The Kier molecular flexibility index (Phi) is 6.58. The normalized spacial score (nSPS) is 13.0. The number of nitrogens with one attached hydrogen (secondary N) is 1. The van der Waals surface area contributed by atoms with Gasteiger partial charge in [0.1, 0.15) is 5.75 Å². The molecule has 0 bridgehead atoms. The molecule has 1 amide bonds. The highest BCUT2D eigenvalue weighted by Gasteiger charge is 2.16. The zero-order valence-electron chi connectivity index (χ0n) is 14.6. The molecule has 0 aliphatic carbocycles. The largest absolute Gasteiger partial charge is 0.497 e. The summed E-state index contributed by atoms with van der Waals surface area (Å²) in [5.41, 5.74) is 1.85. The van der Waals surface area contributed by atoms with Gasteiger partial charge in [0.25, 0.3) is 0 Å². The lowest BCUT2D eigenvalue weighted by Crippen LogP contribution is -2.34. The van der Waals surface area contributed by atoms with E-state index in [0.717, 1.165) is 16.2 Å². The van der Waals surface area contributed by atoms with Crippen LogP contribution < -0.4 is 10.1 Å². The summed E-state index contributed by atoms with van der Waals surface area (Å²) in [5, 5.41) is 5.03. The van der Waals surface area contributed by atoms with Crippen LogP contribution in [0.25, 0.3) is 6.08 Å². The van der Waals surface area contributed by atoms with E-state index >= 15 is 0 Å². The van der Waals surface area contributed by atoms with Crippen molar-refractivity contribution < 1.29 is 9.53 Å². The molecule has 128 valence electrons. The Morgan fingerprint density at radius 1 is 1.29 bits per heavy atom. The second kappa shape index (κ2) is 8.66. The molecule has 1 unspecified atom stereocenters. The first kappa shape index (κ1) is 18.2. The van der Waals surface area contributed by atoms with Crippen LogP contribution in [0.2, 0.25) is 0 Å². The summed E-state index contributed by atoms with van der Waals surface area (Å²) in [6.45, 7) is 2.39. The molecule has 1 heterocycles. The fourth-order valence-electron chi connectivity index (χ4n) is 2.41. The van der Waals surface area contributed by atoms with Gasteiger partial charge in [-0.05, 0) is 56.2 Å². The van der Waals surface area contributed by atoms with Crippen LogP contribution in [-0.4, -0.2) is 38.6 Å². The van der Waals surface area contributed by atoms with Crippen molar-refractivity contribution in [2.45, 2.75) is 13.0 Å². The number of rotatable bonds is 7. The fourth-order valence-corrected chi connectivity index (χ4v) is 3.12. The first-order chi connectivity index (χ1) is 11.5. The topological polar surface area (TPSA) is 41.6 Å². The number of hydrogen-bond acceptors (Lipinski definition) is 4. The van der Waals surface area contributed by atoms with Crippen LogP contribution in [0.4, 0.5) is 0 Å². The molecule has 1 aromatic carbocycles. The molecule has 0 saturated heterocycles. The molecule has 5 heteroatoms. The number of carbonyl (C=O) groups is 1. The molecule has 0 aliphatic rings. The average Bonchev–Trinajstić information content (AvgIpc) is 3.08. The number of nitrogens with zero attached hydrogens (tertiary/aromatic N) is 1. The third-order valence-electron chi connectivity index (χ3n) is 3.84. The maximum atomic E-state index is 12.3. The number of carbonyl (C=O) groups excluding carboxylic acids is 1. The highest BCUT2D eigenvalue weighted by molar-refractivity contribution is 7.10. The van der Waals surface area contributed by atoms with Gasteiger partial charge in [0.2, 0.25) is 5.91 Å². The first-order valence-electron chi connectivity index (χ1n) is 7.81. The molecular weight excluding hydrogens is 320 g/mol. The zero-order valence-corrected chi connectivity index (χ0v) is 15.4. The van der Waals surface area contributed by atoms with Gasteiger partial charge in [-0.15, -0.1) is 11.3 Å². The summed E-state index contributed by atoms with van der Waals surface area (Å²) >= 11 is 1.62. The number of ether oxygens (including phenoxy) is 1. The van der Waals surface area contributed by atoms with Gasteiger partial charge < -0.3 is 15.0 Å². The number of methoxy groups -OCH3 is 1. The van der Waals surface area contributed by atoms with Crippen molar-refractivity contribution in [2.24, 2.45) is 0 Å². The molecule has 4 nitrogen and oxygen atoms in total. The summed E-state index contributed by atoms with van der Waals surface area (Å²) in [7, 11) is 5.67. The number of hydrogen-bond donors (Lipinski definition) is 1. The summed E-state index contributed by atoms with van der Waals surface area (Å²) in [5.74, 6) is 0.791. The molecular formula is C19H24N2O2S. The van der Waals surface area contributed by atoms with Crippen LogP contribution >= 0.6 is 11.3 Å². The van der Waals surface area contributed by atoms with Crippen LogP contribution in [0.5, 0.6) is 5.75 Å². The molecule has 1 aromatic heterocycles. The summed E-state index contributed by atoms with van der Waals surface area (Å²) in [6.07, 6.45) is 1.91. The van der Waals surface area contributed by atoms with Gasteiger partial charge in [-0.3, -0.25) is 4.79 Å². The van der Waals surface area contributed by atoms with Gasteiger partial charge in [0.05, 0.1) is 13.2 Å². The quantitative estimate of drug-likeness (QED) is 0.781. The Morgan fingerprint density at radius 2 is 2.00 bits per heavy atom. The van der Waals surface area contributed by atoms with E-state index in [4.69, 9.17) is 4.74 Å². The third kappa shape index (κ3) is 4.94. The minimum atomic E-state index is -0.0382. The molecule has 0 radical (unpaired) electrons. The van der Waals surface area contributed by atoms with Crippen molar-refractivity contribution in [2.75, 3.05) is 27.7 Å².